The lowest BCUT2D eigenvalue weighted by Gasteiger charge is -2.30. The lowest BCUT2D eigenvalue weighted by molar-refractivity contribution is -0.140. The number of carbonyl (C=O) groups excluding carboxylic acids is 2. The van der Waals surface area contributed by atoms with Crippen LogP contribution in [0.3, 0.4) is 0 Å². The first kappa shape index (κ1) is 24.9. The fourth-order valence-electron chi connectivity index (χ4n) is 3.85. The van der Waals surface area contributed by atoms with E-state index in [9.17, 15) is 9.59 Å². The minimum atomic E-state index is -0.525. The molecule has 172 valence electrons. The van der Waals surface area contributed by atoms with E-state index in [1.807, 2.05) is 55.5 Å². The lowest BCUT2D eigenvalue weighted by atomic mass is 10.1. The summed E-state index contributed by atoms with van der Waals surface area (Å²) < 4.78 is 0. The summed E-state index contributed by atoms with van der Waals surface area (Å²) in [5, 5.41) is 4.50. The van der Waals surface area contributed by atoms with Crippen molar-refractivity contribution in [1.29, 1.82) is 0 Å². The molecule has 1 fully saturated rings. The molecule has 1 N–H and O–H groups in total. The van der Waals surface area contributed by atoms with E-state index in [1.54, 1.807) is 16.7 Å². The van der Waals surface area contributed by atoms with Crippen molar-refractivity contribution in [1.82, 2.24) is 10.2 Å². The molecule has 0 unspecified atom stereocenters. The zero-order chi connectivity index (χ0) is 22.9. The summed E-state index contributed by atoms with van der Waals surface area (Å²) in [4.78, 5) is 28.9. The Morgan fingerprint density at radius 2 is 1.62 bits per heavy atom. The van der Waals surface area contributed by atoms with Gasteiger partial charge in [-0.1, -0.05) is 48.2 Å². The molecule has 0 saturated heterocycles. The van der Waals surface area contributed by atoms with Crippen LogP contribution in [-0.2, 0) is 16.1 Å². The predicted octanol–water partition coefficient (Wildman–Crippen LogP) is 6.34. The third-order valence-corrected chi connectivity index (χ3v) is 7.35. The second kappa shape index (κ2) is 12.5. The van der Waals surface area contributed by atoms with E-state index in [-0.39, 0.29) is 17.9 Å². The summed E-state index contributed by atoms with van der Waals surface area (Å²) >= 11 is 13.6. The number of halogens is 2. The van der Waals surface area contributed by atoms with E-state index in [1.165, 1.54) is 0 Å². The number of thioether (sulfide) groups is 1. The minimum absolute atomic E-state index is 0.00859. The molecule has 2 aromatic carbocycles. The van der Waals surface area contributed by atoms with Gasteiger partial charge in [-0.3, -0.25) is 9.59 Å². The molecule has 4 nitrogen and oxygen atoms in total. The van der Waals surface area contributed by atoms with Crippen LogP contribution in [0.25, 0.3) is 0 Å². The SMILES string of the molecule is C[C@@H](C(=O)NC1CCCC1)N(Cc1ccc(Cl)cc1)C(=O)CCCSc1ccc(Cl)cc1. The molecule has 32 heavy (non-hydrogen) atoms. The molecule has 1 aliphatic carbocycles. The molecule has 0 aromatic heterocycles. The number of amides is 2. The summed E-state index contributed by atoms with van der Waals surface area (Å²) in [6.07, 6.45) is 5.47. The molecule has 2 amide bonds. The summed E-state index contributed by atoms with van der Waals surface area (Å²) in [5.41, 5.74) is 0.957. The monoisotopic (exact) mass is 492 g/mol. The zero-order valence-electron chi connectivity index (χ0n) is 18.4. The first-order valence-electron chi connectivity index (χ1n) is 11.1. The predicted molar refractivity (Wildman–Crippen MR) is 133 cm³/mol. The molecule has 1 aliphatic rings. The number of nitrogens with zero attached hydrogens (tertiary/aromatic N) is 1. The second-order valence-electron chi connectivity index (χ2n) is 8.22. The fourth-order valence-corrected chi connectivity index (χ4v) is 4.95. The van der Waals surface area contributed by atoms with Gasteiger partial charge in [0.15, 0.2) is 0 Å². The Morgan fingerprint density at radius 1 is 1.03 bits per heavy atom. The number of nitrogens with one attached hydrogen (secondary N) is 1. The molecular formula is C25H30Cl2N2O2S. The molecule has 3 rings (SSSR count). The zero-order valence-corrected chi connectivity index (χ0v) is 20.7. The Bertz CT molecular complexity index is 884. The average molecular weight is 494 g/mol. The highest BCUT2D eigenvalue weighted by atomic mass is 35.5. The Morgan fingerprint density at radius 3 is 2.25 bits per heavy atom. The molecule has 0 aliphatic heterocycles. The van der Waals surface area contributed by atoms with Gasteiger partial charge >= 0.3 is 0 Å². The van der Waals surface area contributed by atoms with Gasteiger partial charge in [0.2, 0.25) is 11.8 Å². The van der Waals surface area contributed by atoms with E-state index < -0.39 is 6.04 Å². The van der Waals surface area contributed by atoms with Gasteiger partial charge in [-0.15, -0.1) is 11.8 Å². The Kier molecular flexibility index (Phi) is 9.76. The molecule has 2 aromatic rings. The van der Waals surface area contributed by atoms with E-state index in [0.717, 1.165) is 48.3 Å². The average Bonchev–Trinajstić information content (AvgIpc) is 3.30. The Hall–Kier alpha value is -1.69. The normalized spacial score (nSPS) is 14.8. The van der Waals surface area contributed by atoms with Crippen LogP contribution in [-0.4, -0.2) is 34.6 Å². The van der Waals surface area contributed by atoms with Crippen molar-refractivity contribution in [2.75, 3.05) is 5.75 Å². The van der Waals surface area contributed by atoms with Crippen LogP contribution in [0.2, 0.25) is 10.0 Å². The molecular weight excluding hydrogens is 463 g/mol. The molecule has 1 atom stereocenters. The quantitative estimate of drug-likeness (QED) is 0.310. The third kappa shape index (κ3) is 7.72. The van der Waals surface area contributed by atoms with Gasteiger partial charge in [0.05, 0.1) is 0 Å². The molecule has 0 radical (unpaired) electrons. The Labute approximate surface area is 205 Å². The van der Waals surface area contributed by atoms with Crippen molar-refractivity contribution in [3.05, 3.63) is 64.1 Å². The maximum atomic E-state index is 13.1. The van der Waals surface area contributed by atoms with Gasteiger partial charge in [0.1, 0.15) is 6.04 Å². The lowest BCUT2D eigenvalue weighted by Crippen LogP contribution is -2.49. The number of hydrogen-bond donors (Lipinski definition) is 1. The van der Waals surface area contributed by atoms with Gasteiger partial charge in [-0.25, -0.2) is 0 Å². The molecule has 0 bridgehead atoms. The highest BCUT2D eigenvalue weighted by molar-refractivity contribution is 7.99. The highest BCUT2D eigenvalue weighted by Gasteiger charge is 2.28. The maximum Gasteiger partial charge on any atom is 0.242 e. The summed E-state index contributed by atoms with van der Waals surface area (Å²) in [6, 6.07) is 14.8. The van der Waals surface area contributed by atoms with Gasteiger partial charge in [-0.05, 0) is 73.9 Å². The number of rotatable bonds is 10. The second-order valence-corrected chi connectivity index (χ2v) is 10.3. The van der Waals surface area contributed by atoms with Crippen LogP contribution < -0.4 is 5.32 Å². The largest absolute Gasteiger partial charge is 0.352 e. The summed E-state index contributed by atoms with van der Waals surface area (Å²) in [5.74, 6) is 0.741. The van der Waals surface area contributed by atoms with Crippen molar-refractivity contribution in [3.63, 3.8) is 0 Å². The van der Waals surface area contributed by atoms with Crippen LogP contribution in [0, 0.1) is 0 Å². The van der Waals surface area contributed by atoms with Crippen LogP contribution in [0.15, 0.2) is 53.4 Å². The molecule has 1 saturated carbocycles. The number of benzene rings is 2. The van der Waals surface area contributed by atoms with Crippen LogP contribution in [0.4, 0.5) is 0 Å². The van der Waals surface area contributed by atoms with E-state index in [4.69, 9.17) is 23.2 Å². The van der Waals surface area contributed by atoms with Gasteiger partial charge < -0.3 is 10.2 Å². The minimum Gasteiger partial charge on any atom is -0.352 e. The van der Waals surface area contributed by atoms with Gasteiger partial charge in [0, 0.05) is 33.9 Å². The smallest absolute Gasteiger partial charge is 0.242 e. The van der Waals surface area contributed by atoms with Crippen LogP contribution >= 0.6 is 35.0 Å². The van der Waals surface area contributed by atoms with E-state index in [2.05, 4.69) is 5.32 Å². The van der Waals surface area contributed by atoms with Crippen molar-refractivity contribution < 1.29 is 9.59 Å². The van der Waals surface area contributed by atoms with Crippen LogP contribution in [0.1, 0.15) is 51.0 Å². The fraction of sp³-hybridized carbons (Fsp3) is 0.440. The van der Waals surface area contributed by atoms with E-state index in [0.29, 0.717) is 23.0 Å². The third-order valence-electron chi connectivity index (χ3n) is 5.75. The Balaban J connectivity index is 1.59. The first-order chi connectivity index (χ1) is 15.4. The highest BCUT2D eigenvalue weighted by Crippen LogP contribution is 2.23. The number of hydrogen-bond acceptors (Lipinski definition) is 3. The van der Waals surface area contributed by atoms with E-state index >= 15 is 0 Å². The number of carbonyl (C=O) groups is 2. The standard InChI is InChI=1S/C25H30Cl2N2O2S/c1-18(25(31)28-22-5-2-3-6-22)29(17-19-8-10-20(26)11-9-19)24(30)7-4-16-32-23-14-12-21(27)13-15-23/h8-15,18,22H,2-7,16-17H2,1H3,(H,28,31)/t18-/m0/s1. The first-order valence-corrected chi connectivity index (χ1v) is 12.9. The molecule has 0 heterocycles. The summed E-state index contributed by atoms with van der Waals surface area (Å²) in [7, 11) is 0. The maximum absolute atomic E-state index is 13.1. The summed E-state index contributed by atoms with van der Waals surface area (Å²) in [6.45, 7) is 2.21. The topological polar surface area (TPSA) is 49.4 Å². The van der Waals surface area contributed by atoms with Crippen molar-refractivity contribution >= 4 is 46.8 Å². The molecule has 0 spiro atoms. The van der Waals surface area contributed by atoms with Crippen molar-refractivity contribution in [2.24, 2.45) is 0 Å². The van der Waals surface area contributed by atoms with Crippen LogP contribution in [0.5, 0.6) is 0 Å². The van der Waals surface area contributed by atoms with Crippen molar-refractivity contribution in [2.45, 2.75) is 69.0 Å². The van der Waals surface area contributed by atoms with Gasteiger partial charge in [-0.2, -0.15) is 0 Å². The van der Waals surface area contributed by atoms with Crippen molar-refractivity contribution in [3.8, 4) is 0 Å². The molecule has 7 heteroatoms. The van der Waals surface area contributed by atoms with Gasteiger partial charge in [0.25, 0.3) is 0 Å².